The number of hydrogen-bond donors (Lipinski definition) is 3. The first kappa shape index (κ1) is 22.5. The number of anilines is 2. The van der Waals surface area contributed by atoms with Gasteiger partial charge in [-0.1, -0.05) is 17.7 Å². The van der Waals surface area contributed by atoms with Gasteiger partial charge in [-0.25, -0.2) is 18.2 Å². The summed E-state index contributed by atoms with van der Waals surface area (Å²) in [4.78, 5) is 21.0. The summed E-state index contributed by atoms with van der Waals surface area (Å²) < 4.78 is 42.9. The first-order valence-electron chi connectivity index (χ1n) is 10.3. The van der Waals surface area contributed by atoms with E-state index in [1.54, 1.807) is 12.3 Å². The van der Waals surface area contributed by atoms with E-state index in [-0.39, 0.29) is 23.3 Å². The maximum atomic E-state index is 14.5. The van der Waals surface area contributed by atoms with Gasteiger partial charge in [0.2, 0.25) is 0 Å². The quantitative estimate of drug-likeness (QED) is 0.503. The molecule has 0 aliphatic heterocycles. The predicted molar refractivity (Wildman–Crippen MR) is 120 cm³/mol. The maximum absolute atomic E-state index is 14.5. The van der Waals surface area contributed by atoms with E-state index in [0.717, 1.165) is 41.8 Å². The van der Waals surface area contributed by atoms with Crippen LogP contribution in [-0.4, -0.2) is 21.9 Å². The number of carbonyl (C=O) groups is 1. The van der Waals surface area contributed by atoms with Crippen molar-refractivity contribution in [3.05, 3.63) is 83.1 Å². The lowest BCUT2D eigenvalue weighted by atomic mass is 9.82. The van der Waals surface area contributed by atoms with Crippen LogP contribution in [0.1, 0.15) is 41.7 Å². The summed E-state index contributed by atoms with van der Waals surface area (Å²) in [6.45, 7) is 2.00. The average molecular weight is 453 g/mol. The number of hydrogen-bond acceptors (Lipinski definition) is 5. The Morgan fingerprint density at radius 3 is 2.58 bits per heavy atom. The van der Waals surface area contributed by atoms with Gasteiger partial charge in [0.15, 0.2) is 11.5 Å². The summed E-state index contributed by atoms with van der Waals surface area (Å²) in [7, 11) is 0. The maximum Gasteiger partial charge on any atom is 0.276 e. The van der Waals surface area contributed by atoms with Crippen LogP contribution < -0.4 is 16.8 Å². The zero-order valence-corrected chi connectivity index (χ0v) is 17.8. The molecule has 1 amide bonds. The summed E-state index contributed by atoms with van der Waals surface area (Å²) in [5.74, 6) is -3.76. The highest BCUT2D eigenvalue weighted by Crippen LogP contribution is 2.36. The van der Waals surface area contributed by atoms with Crippen LogP contribution >= 0.6 is 0 Å². The molecule has 6 nitrogen and oxygen atoms in total. The van der Waals surface area contributed by atoms with Crippen molar-refractivity contribution in [2.45, 2.75) is 31.7 Å². The molecule has 0 radical (unpaired) electrons. The normalized spacial score (nSPS) is 18.0. The zero-order chi connectivity index (χ0) is 23.7. The minimum absolute atomic E-state index is 0.0601. The van der Waals surface area contributed by atoms with Crippen LogP contribution in [0.25, 0.3) is 11.3 Å². The Morgan fingerprint density at radius 2 is 1.88 bits per heavy atom. The number of benzene rings is 1. The number of amides is 1. The van der Waals surface area contributed by atoms with Crippen LogP contribution in [0.3, 0.4) is 0 Å². The number of nitrogens with zero attached hydrogens (tertiary/aromatic N) is 2. The van der Waals surface area contributed by atoms with Crippen molar-refractivity contribution in [3.63, 3.8) is 0 Å². The largest absolute Gasteiger partial charge is 0.397 e. The van der Waals surface area contributed by atoms with Crippen molar-refractivity contribution < 1.29 is 18.0 Å². The highest BCUT2D eigenvalue weighted by atomic mass is 19.1. The molecule has 0 saturated carbocycles. The molecule has 0 unspecified atom stereocenters. The second-order valence-corrected chi connectivity index (χ2v) is 8.08. The van der Waals surface area contributed by atoms with Crippen molar-refractivity contribution >= 4 is 17.3 Å². The van der Waals surface area contributed by atoms with Crippen molar-refractivity contribution in [3.8, 4) is 11.3 Å². The van der Waals surface area contributed by atoms with E-state index in [1.807, 2.05) is 13.0 Å². The van der Waals surface area contributed by atoms with Crippen molar-refractivity contribution in [2.24, 2.45) is 5.73 Å². The topological polar surface area (TPSA) is 107 Å². The molecule has 2 aromatic heterocycles. The highest BCUT2D eigenvalue weighted by Gasteiger charge is 2.25. The molecule has 33 heavy (non-hydrogen) atoms. The van der Waals surface area contributed by atoms with Crippen LogP contribution in [0.5, 0.6) is 0 Å². The predicted octanol–water partition coefficient (Wildman–Crippen LogP) is 4.55. The Morgan fingerprint density at radius 1 is 1.15 bits per heavy atom. The number of halogens is 3. The molecule has 170 valence electrons. The number of aromatic nitrogens is 2. The molecular formula is C24H22F3N5O. The third kappa shape index (κ3) is 4.58. The van der Waals surface area contributed by atoms with Crippen LogP contribution in [0.4, 0.5) is 24.5 Å². The van der Waals surface area contributed by atoms with Crippen molar-refractivity contribution in [1.29, 1.82) is 0 Å². The van der Waals surface area contributed by atoms with E-state index in [1.165, 1.54) is 6.20 Å². The lowest BCUT2D eigenvalue weighted by molar-refractivity contribution is 0.102. The van der Waals surface area contributed by atoms with Crippen LogP contribution in [-0.2, 0) is 0 Å². The fraction of sp³-hybridized carbons (Fsp3) is 0.208. The SMILES string of the molecule is CC1=C[C@H](N)C[C@H](c2ccncc2NC(=O)c2nc(-c3c(F)cccc3F)c(F)cc2N)C1. The van der Waals surface area contributed by atoms with Gasteiger partial charge in [-0.05, 0) is 49.4 Å². The number of nitrogens with two attached hydrogens (primary N) is 2. The number of allylic oxidation sites excluding steroid dienone is 1. The Kier molecular flexibility index (Phi) is 6.15. The Bertz CT molecular complexity index is 1240. The summed E-state index contributed by atoms with van der Waals surface area (Å²) in [5, 5.41) is 2.71. The van der Waals surface area contributed by atoms with Gasteiger partial charge in [0.25, 0.3) is 5.91 Å². The van der Waals surface area contributed by atoms with E-state index in [4.69, 9.17) is 11.5 Å². The lowest BCUT2D eigenvalue weighted by Gasteiger charge is -2.27. The molecular weight excluding hydrogens is 431 g/mol. The van der Waals surface area contributed by atoms with Gasteiger partial charge in [-0.2, -0.15) is 0 Å². The van der Waals surface area contributed by atoms with Gasteiger partial charge in [-0.15, -0.1) is 0 Å². The van der Waals surface area contributed by atoms with E-state index in [0.29, 0.717) is 12.1 Å². The molecule has 2 atom stereocenters. The molecule has 4 rings (SSSR count). The number of nitrogen functional groups attached to an aromatic ring is 1. The molecule has 0 bridgehead atoms. The second kappa shape index (κ2) is 9.03. The summed E-state index contributed by atoms with van der Waals surface area (Å²) in [6, 6.07) is 5.61. The first-order chi connectivity index (χ1) is 15.7. The molecule has 1 aliphatic carbocycles. The fourth-order valence-electron chi connectivity index (χ4n) is 4.17. The molecule has 5 N–H and O–H groups in total. The fourth-order valence-corrected chi connectivity index (χ4v) is 4.17. The molecule has 1 aliphatic rings. The monoisotopic (exact) mass is 453 g/mol. The molecule has 3 aromatic rings. The van der Waals surface area contributed by atoms with Crippen LogP contribution in [0.15, 0.2) is 54.4 Å². The minimum atomic E-state index is -1.05. The third-order valence-corrected chi connectivity index (χ3v) is 5.59. The molecule has 0 fully saturated rings. The number of pyridine rings is 2. The van der Waals surface area contributed by atoms with Gasteiger partial charge >= 0.3 is 0 Å². The molecule has 0 spiro atoms. The van der Waals surface area contributed by atoms with Gasteiger partial charge in [-0.3, -0.25) is 9.78 Å². The number of carbonyl (C=O) groups excluding carboxylic acids is 1. The summed E-state index contributed by atoms with van der Waals surface area (Å²) >= 11 is 0. The molecule has 1 aromatic carbocycles. The summed E-state index contributed by atoms with van der Waals surface area (Å²) in [5.41, 5.74) is 12.4. The van der Waals surface area contributed by atoms with E-state index in [9.17, 15) is 18.0 Å². The van der Waals surface area contributed by atoms with Crippen LogP contribution in [0, 0.1) is 17.5 Å². The first-order valence-corrected chi connectivity index (χ1v) is 10.3. The Labute approximate surface area is 188 Å². The zero-order valence-electron chi connectivity index (χ0n) is 17.8. The minimum Gasteiger partial charge on any atom is -0.397 e. The molecule has 9 heteroatoms. The van der Waals surface area contributed by atoms with Gasteiger partial charge in [0.1, 0.15) is 17.3 Å². The highest BCUT2D eigenvalue weighted by molar-refractivity contribution is 6.07. The lowest BCUT2D eigenvalue weighted by Crippen LogP contribution is -2.25. The smallest absolute Gasteiger partial charge is 0.276 e. The van der Waals surface area contributed by atoms with E-state index >= 15 is 0 Å². The Hall–Kier alpha value is -3.72. The number of nitrogens with one attached hydrogen (secondary N) is 1. The molecule has 2 heterocycles. The van der Waals surface area contributed by atoms with Gasteiger partial charge in [0, 0.05) is 18.3 Å². The van der Waals surface area contributed by atoms with Gasteiger partial charge in [0.05, 0.1) is 23.1 Å². The Balaban J connectivity index is 1.69. The van der Waals surface area contributed by atoms with E-state index in [2.05, 4.69) is 15.3 Å². The van der Waals surface area contributed by atoms with Gasteiger partial charge < -0.3 is 16.8 Å². The average Bonchev–Trinajstić information content (AvgIpc) is 2.74. The van der Waals surface area contributed by atoms with Crippen LogP contribution in [0.2, 0.25) is 0 Å². The van der Waals surface area contributed by atoms with Crippen molar-refractivity contribution in [1.82, 2.24) is 9.97 Å². The third-order valence-electron chi connectivity index (χ3n) is 5.59. The van der Waals surface area contributed by atoms with E-state index < -0.39 is 34.6 Å². The second-order valence-electron chi connectivity index (χ2n) is 8.08. The standard InChI is InChI=1S/C24H22F3N5O/c1-12-7-13(9-14(28)8-12)15-5-6-30-11-20(15)31-24(33)23-19(29)10-18(27)22(32-23)21-16(25)3-2-4-17(21)26/h2-6,8,10-11,13-14H,7,9,28-29H2,1H3,(H,31,33)/t13-,14+/m1/s1. The molecule has 0 saturated heterocycles. The van der Waals surface area contributed by atoms with Crippen molar-refractivity contribution in [2.75, 3.05) is 11.1 Å². The number of rotatable bonds is 4. The summed E-state index contributed by atoms with van der Waals surface area (Å²) in [6.07, 6.45) is 6.59.